The molecule has 1 N–H and O–H groups in total. The molecule has 1 aromatic carbocycles. The molecule has 0 amide bonds. The van der Waals surface area contributed by atoms with Crippen LogP contribution >= 0.6 is 11.3 Å². The fourth-order valence-electron chi connectivity index (χ4n) is 1.83. The van der Waals surface area contributed by atoms with E-state index in [-0.39, 0.29) is 5.69 Å². The van der Waals surface area contributed by atoms with Gasteiger partial charge in [0.1, 0.15) is 5.82 Å². The first-order chi connectivity index (χ1) is 9.72. The number of benzene rings is 1. The smallest absolute Gasteiger partial charge is 0.270 e. The maximum Gasteiger partial charge on any atom is 0.270 e. The van der Waals surface area contributed by atoms with E-state index in [0.29, 0.717) is 6.54 Å². The number of aromatic nitrogens is 2. The van der Waals surface area contributed by atoms with Crippen LogP contribution in [0.3, 0.4) is 0 Å². The van der Waals surface area contributed by atoms with Crippen molar-refractivity contribution in [3.05, 3.63) is 57.0 Å². The summed E-state index contributed by atoms with van der Waals surface area (Å²) in [5, 5.41) is 16.6. The Morgan fingerprint density at radius 1 is 1.30 bits per heavy atom. The average molecular weight is 286 g/mol. The molecular weight excluding hydrogens is 276 g/mol. The van der Waals surface area contributed by atoms with Crippen molar-refractivity contribution in [2.45, 2.75) is 6.54 Å². The number of hydrogen-bond donors (Lipinski definition) is 1. The Labute approximate surface area is 118 Å². The minimum Gasteiger partial charge on any atom is -0.364 e. The van der Waals surface area contributed by atoms with Gasteiger partial charge < -0.3 is 5.32 Å². The number of non-ortho nitro benzene ring substituents is 1. The van der Waals surface area contributed by atoms with Crippen LogP contribution in [0.15, 0.2) is 41.2 Å². The molecule has 0 bridgehead atoms. The molecule has 3 rings (SSSR count). The second kappa shape index (κ2) is 5.22. The Morgan fingerprint density at radius 3 is 2.95 bits per heavy atom. The number of anilines is 1. The number of fused-ring (bicyclic) bond motifs is 1. The fourth-order valence-corrected chi connectivity index (χ4v) is 2.39. The van der Waals surface area contributed by atoms with Gasteiger partial charge in [0.05, 0.1) is 28.2 Å². The van der Waals surface area contributed by atoms with Gasteiger partial charge in [-0.2, -0.15) is 0 Å². The van der Waals surface area contributed by atoms with Gasteiger partial charge in [0.2, 0.25) is 0 Å². The van der Waals surface area contributed by atoms with Crippen molar-refractivity contribution in [3.63, 3.8) is 0 Å². The molecule has 0 saturated heterocycles. The third-order valence-corrected chi connectivity index (χ3v) is 3.45. The zero-order valence-electron chi connectivity index (χ0n) is 10.3. The van der Waals surface area contributed by atoms with Gasteiger partial charge in [-0.1, -0.05) is 0 Å². The van der Waals surface area contributed by atoms with E-state index < -0.39 is 4.92 Å². The van der Waals surface area contributed by atoms with Crippen molar-refractivity contribution in [3.8, 4) is 0 Å². The summed E-state index contributed by atoms with van der Waals surface area (Å²) >= 11 is 1.55. The molecule has 20 heavy (non-hydrogen) atoms. The van der Waals surface area contributed by atoms with Crippen molar-refractivity contribution < 1.29 is 4.92 Å². The quantitative estimate of drug-likeness (QED) is 0.588. The minimum absolute atomic E-state index is 0.0717. The number of nitro groups is 1. The van der Waals surface area contributed by atoms with E-state index in [1.165, 1.54) is 12.1 Å². The van der Waals surface area contributed by atoms with Gasteiger partial charge in [0.25, 0.3) is 5.69 Å². The first kappa shape index (κ1) is 12.5. The Bertz CT molecular complexity index is 758. The van der Waals surface area contributed by atoms with Gasteiger partial charge in [-0.25, -0.2) is 9.97 Å². The second-order valence-corrected chi connectivity index (χ2v) is 4.88. The number of nitro benzene ring substituents is 1. The van der Waals surface area contributed by atoms with Crippen molar-refractivity contribution in [2.75, 3.05) is 5.32 Å². The molecule has 0 atom stereocenters. The molecule has 3 aromatic rings. The minimum atomic E-state index is -0.409. The maximum atomic E-state index is 10.7. The lowest BCUT2D eigenvalue weighted by molar-refractivity contribution is -0.384. The Balaban J connectivity index is 1.83. The first-order valence-electron chi connectivity index (χ1n) is 5.88. The highest BCUT2D eigenvalue weighted by Gasteiger charge is 2.07. The van der Waals surface area contributed by atoms with E-state index in [1.807, 2.05) is 11.4 Å². The highest BCUT2D eigenvalue weighted by molar-refractivity contribution is 7.07. The molecular formula is C13H10N4O2S. The van der Waals surface area contributed by atoms with Gasteiger partial charge in [0, 0.05) is 22.9 Å². The summed E-state index contributed by atoms with van der Waals surface area (Å²) in [5.41, 5.74) is 3.53. The molecule has 100 valence electrons. The maximum absolute atomic E-state index is 10.7. The van der Waals surface area contributed by atoms with E-state index >= 15 is 0 Å². The lowest BCUT2D eigenvalue weighted by Gasteiger charge is -2.05. The second-order valence-electron chi connectivity index (χ2n) is 4.16. The van der Waals surface area contributed by atoms with Crippen LogP contribution in [0.5, 0.6) is 0 Å². The average Bonchev–Trinajstić information content (AvgIpc) is 2.97. The first-order valence-corrected chi connectivity index (χ1v) is 6.83. The number of nitrogens with zero attached hydrogens (tertiary/aromatic N) is 3. The molecule has 0 unspecified atom stereocenters. The van der Waals surface area contributed by atoms with Crippen LogP contribution in [0, 0.1) is 10.1 Å². The van der Waals surface area contributed by atoms with E-state index in [0.717, 1.165) is 22.4 Å². The zero-order valence-corrected chi connectivity index (χ0v) is 11.1. The third kappa shape index (κ3) is 2.57. The predicted molar refractivity (Wildman–Crippen MR) is 77.8 cm³/mol. The summed E-state index contributed by atoms with van der Waals surface area (Å²) in [4.78, 5) is 18.9. The van der Waals surface area contributed by atoms with Crippen LogP contribution in [0.2, 0.25) is 0 Å². The van der Waals surface area contributed by atoms with Crippen LogP contribution < -0.4 is 5.32 Å². The van der Waals surface area contributed by atoms with Crippen LogP contribution in [0.4, 0.5) is 11.5 Å². The van der Waals surface area contributed by atoms with Crippen molar-refractivity contribution in [1.29, 1.82) is 0 Å². The van der Waals surface area contributed by atoms with Gasteiger partial charge in [-0.05, 0) is 18.2 Å². The summed E-state index contributed by atoms with van der Waals surface area (Å²) in [6.45, 7) is 0.606. The number of nitrogens with one attached hydrogen (secondary N) is 1. The summed E-state index contributed by atoms with van der Waals surface area (Å²) in [7, 11) is 0. The van der Waals surface area contributed by atoms with Crippen molar-refractivity contribution in [2.24, 2.45) is 0 Å². The van der Waals surface area contributed by atoms with Gasteiger partial charge in [0.15, 0.2) is 0 Å². The highest BCUT2D eigenvalue weighted by Crippen LogP contribution is 2.21. The Morgan fingerprint density at radius 2 is 2.20 bits per heavy atom. The van der Waals surface area contributed by atoms with Crippen LogP contribution in [0.25, 0.3) is 10.9 Å². The van der Waals surface area contributed by atoms with Gasteiger partial charge in [-0.15, -0.1) is 11.3 Å². The van der Waals surface area contributed by atoms with E-state index in [9.17, 15) is 10.1 Å². The number of hydrogen-bond acceptors (Lipinski definition) is 6. The lowest BCUT2D eigenvalue weighted by Crippen LogP contribution is -2.01. The van der Waals surface area contributed by atoms with Crippen LogP contribution in [-0.2, 0) is 6.54 Å². The molecule has 2 aromatic heterocycles. The molecule has 0 spiro atoms. The molecule has 7 heteroatoms. The number of pyridine rings is 1. The Kier molecular flexibility index (Phi) is 3.26. The number of thiazole rings is 1. The van der Waals surface area contributed by atoms with Crippen LogP contribution in [-0.4, -0.2) is 14.9 Å². The van der Waals surface area contributed by atoms with Crippen LogP contribution in [0.1, 0.15) is 5.69 Å². The summed E-state index contributed by atoms with van der Waals surface area (Å²) in [6.07, 6.45) is 0. The molecule has 0 fully saturated rings. The Hall–Kier alpha value is -2.54. The molecule has 0 aliphatic carbocycles. The molecule has 0 saturated carbocycles. The van der Waals surface area contributed by atoms with Gasteiger partial charge >= 0.3 is 0 Å². The summed E-state index contributed by atoms with van der Waals surface area (Å²) in [6, 6.07) is 8.25. The summed E-state index contributed by atoms with van der Waals surface area (Å²) < 4.78 is 0. The summed E-state index contributed by atoms with van der Waals surface area (Å²) in [5.74, 6) is 0.722. The van der Waals surface area contributed by atoms with E-state index in [4.69, 9.17) is 0 Å². The molecule has 0 aliphatic rings. The standard InChI is InChI=1S/C13H10N4O2S/c18-17(19)11-2-3-12-9(5-11)1-4-13(16-12)14-6-10-7-20-8-15-10/h1-5,7-8H,6H2,(H,14,16). The third-order valence-electron chi connectivity index (χ3n) is 2.82. The number of rotatable bonds is 4. The molecule has 0 radical (unpaired) electrons. The monoisotopic (exact) mass is 286 g/mol. The van der Waals surface area contributed by atoms with E-state index in [2.05, 4.69) is 15.3 Å². The molecule has 0 aliphatic heterocycles. The normalized spacial score (nSPS) is 10.6. The lowest BCUT2D eigenvalue weighted by atomic mass is 10.2. The van der Waals surface area contributed by atoms with Gasteiger partial charge in [-0.3, -0.25) is 10.1 Å². The van der Waals surface area contributed by atoms with E-state index in [1.54, 1.807) is 29.0 Å². The SMILES string of the molecule is O=[N+]([O-])c1ccc2nc(NCc3cscn3)ccc2c1. The zero-order chi connectivity index (χ0) is 13.9. The fraction of sp³-hybridized carbons (Fsp3) is 0.0769. The highest BCUT2D eigenvalue weighted by atomic mass is 32.1. The van der Waals surface area contributed by atoms with Crippen molar-refractivity contribution >= 4 is 33.7 Å². The predicted octanol–water partition coefficient (Wildman–Crippen LogP) is 3.21. The molecule has 6 nitrogen and oxygen atoms in total. The van der Waals surface area contributed by atoms with Crippen molar-refractivity contribution in [1.82, 2.24) is 9.97 Å². The molecule has 2 heterocycles. The topological polar surface area (TPSA) is 81.0 Å². The largest absolute Gasteiger partial charge is 0.364 e.